The third-order valence-electron chi connectivity index (χ3n) is 2.88. The molecule has 1 aromatic carbocycles. The number of rotatable bonds is 1. The molecule has 2 heterocycles. The highest BCUT2D eigenvalue weighted by molar-refractivity contribution is 6.06. The summed E-state index contributed by atoms with van der Waals surface area (Å²) in [5.74, 6) is 0.708. The molecule has 0 bridgehead atoms. The summed E-state index contributed by atoms with van der Waals surface area (Å²) in [5.41, 5.74) is 1.41. The number of benzene rings is 1. The number of carbonyl (C=O) groups is 1. The number of anilines is 1. The van der Waals surface area contributed by atoms with E-state index in [1.807, 2.05) is 24.3 Å². The molecule has 0 atom stereocenters. The lowest BCUT2D eigenvalue weighted by Gasteiger charge is -2.29. The number of hydrogen-bond donors (Lipinski definition) is 0. The predicted octanol–water partition coefficient (Wildman–Crippen LogP) is 2.12. The first-order valence-electron chi connectivity index (χ1n) is 5.80. The van der Waals surface area contributed by atoms with Crippen molar-refractivity contribution in [3.05, 3.63) is 54.4 Å². The van der Waals surface area contributed by atoms with Crippen molar-refractivity contribution in [2.75, 3.05) is 18.1 Å². The summed E-state index contributed by atoms with van der Waals surface area (Å²) in [7, 11) is 0. The highest BCUT2D eigenvalue weighted by Gasteiger charge is 2.24. The summed E-state index contributed by atoms with van der Waals surface area (Å²) < 4.78 is 5.53. The summed E-state index contributed by atoms with van der Waals surface area (Å²) in [6.07, 6.45) is 3.24. The van der Waals surface area contributed by atoms with Crippen molar-refractivity contribution < 1.29 is 9.53 Å². The number of para-hydroxylation sites is 2. The third-order valence-corrected chi connectivity index (χ3v) is 2.88. The second kappa shape index (κ2) is 4.49. The fourth-order valence-corrected chi connectivity index (χ4v) is 2.03. The third kappa shape index (κ3) is 1.82. The lowest BCUT2D eigenvalue weighted by Crippen LogP contribution is -2.37. The van der Waals surface area contributed by atoms with Gasteiger partial charge in [-0.25, -0.2) is 0 Å². The molecule has 0 unspecified atom stereocenters. The van der Waals surface area contributed by atoms with Crippen molar-refractivity contribution in [3.63, 3.8) is 0 Å². The number of amides is 1. The molecule has 90 valence electrons. The number of hydrogen-bond acceptors (Lipinski definition) is 3. The number of ether oxygens (including phenoxy) is 1. The normalized spacial score (nSPS) is 13.7. The molecule has 0 aliphatic carbocycles. The standard InChI is InChI=1S/C14H12N2O2/c17-14(11-4-3-7-15-10-11)16-8-9-18-13-6-2-1-5-12(13)16/h1-7,10H,8-9H2. The van der Waals surface area contributed by atoms with E-state index < -0.39 is 0 Å². The van der Waals surface area contributed by atoms with E-state index in [0.29, 0.717) is 18.7 Å². The molecule has 2 aromatic rings. The Kier molecular flexibility index (Phi) is 2.68. The second-order valence-corrected chi connectivity index (χ2v) is 4.01. The maximum atomic E-state index is 12.4. The number of nitrogens with zero attached hydrogens (tertiary/aromatic N) is 2. The molecule has 4 nitrogen and oxygen atoms in total. The van der Waals surface area contributed by atoms with Crippen LogP contribution in [0.15, 0.2) is 48.8 Å². The molecule has 1 aliphatic rings. The number of carbonyl (C=O) groups excluding carboxylic acids is 1. The van der Waals surface area contributed by atoms with Gasteiger partial charge in [-0.2, -0.15) is 0 Å². The molecule has 0 fully saturated rings. The van der Waals surface area contributed by atoms with Crippen LogP contribution >= 0.6 is 0 Å². The van der Waals surface area contributed by atoms with Crippen LogP contribution in [0.5, 0.6) is 5.75 Å². The van der Waals surface area contributed by atoms with Crippen molar-refractivity contribution in [2.24, 2.45) is 0 Å². The Balaban J connectivity index is 1.97. The van der Waals surface area contributed by atoms with E-state index in [-0.39, 0.29) is 5.91 Å². The lowest BCUT2D eigenvalue weighted by molar-refractivity contribution is 0.0976. The Morgan fingerprint density at radius 3 is 2.94 bits per heavy atom. The van der Waals surface area contributed by atoms with Gasteiger partial charge in [-0.1, -0.05) is 12.1 Å². The fraction of sp³-hybridized carbons (Fsp3) is 0.143. The molecule has 1 aromatic heterocycles. The Labute approximate surface area is 105 Å². The highest BCUT2D eigenvalue weighted by Crippen LogP contribution is 2.31. The van der Waals surface area contributed by atoms with Gasteiger partial charge in [0.05, 0.1) is 17.8 Å². The van der Waals surface area contributed by atoms with E-state index in [2.05, 4.69) is 4.98 Å². The summed E-state index contributed by atoms with van der Waals surface area (Å²) >= 11 is 0. The Hall–Kier alpha value is -2.36. The van der Waals surface area contributed by atoms with Gasteiger partial charge in [-0.15, -0.1) is 0 Å². The van der Waals surface area contributed by atoms with Crippen molar-refractivity contribution >= 4 is 11.6 Å². The molecule has 0 radical (unpaired) electrons. The van der Waals surface area contributed by atoms with Gasteiger partial charge in [0.1, 0.15) is 12.4 Å². The van der Waals surface area contributed by atoms with Gasteiger partial charge < -0.3 is 9.64 Å². The van der Waals surface area contributed by atoms with E-state index in [4.69, 9.17) is 4.74 Å². The molecule has 0 N–H and O–H groups in total. The van der Waals surface area contributed by atoms with Crippen LogP contribution in [0.1, 0.15) is 10.4 Å². The lowest BCUT2D eigenvalue weighted by atomic mass is 10.2. The molecule has 0 spiro atoms. The zero-order chi connectivity index (χ0) is 12.4. The number of pyridine rings is 1. The fourth-order valence-electron chi connectivity index (χ4n) is 2.03. The maximum Gasteiger partial charge on any atom is 0.260 e. The first-order chi connectivity index (χ1) is 8.86. The number of aromatic nitrogens is 1. The van der Waals surface area contributed by atoms with Gasteiger partial charge in [-0.3, -0.25) is 9.78 Å². The second-order valence-electron chi connectivity index (χ2n) is 4.01. The summed E-state index contributed by atoms with van der Waals surface area (Å²) in [6.45, 7) is 1.08. The van der Waals surface area contributed by atoms with Crippen LogP contribution in [0.25, 0.3) is 0 Å². The minimum absolute atomic E-state index is 0.0427. The van der Waals surface area contributed by atoms with Crippen LogP contribution in [0.3, 0.4) is 0 Å². The first kappa shape index (κ1) is 10.8. The van der Waals surface area contributed by atoms with Gasteiger partial charge in [0.25, 0.3) is 5.91 Å². The Morgan fingerprint density at radius 2 is 2.11 bits per heavy atom. The van der Waals surface area contributed by atoms with Crippen molar-refractivity contribution in [1.82, 2.24) is 4.98 Å². The van der Waals surface area contributed by atoms with Crippen molar-refractivity contribution in [2.45, 2.75) is 0 Å². The van der Waals surface area contributed by atoms with Crippen molar-refractivity contribution in [1.29, 1.82) is 0 Å². The molecule has 0 saturated heterocycles. The van der Waals surface area contributed by atoms with Crippen molar-refractivity contribution in [3.8, 4) is 5.75 Å². The van der Waals surface area contributed by atoms with Crippen LogP contribution in [0.2, 0.25) is 0 Å². The van der Waals surface area contributed by atoms with E-state index in [9.17, 15) is 4.79 Å². The van der Waals surface area contributed by atoms with E-state index >= 15 is 0 Å². The Bertz CT molecular complexity index is 569. The van der Waals surface area contributed by atoms with Crippen LogP contribution in [-0.2, 0) is 0 Å². The Morgan fingerprint density at radius 1 is 1.22 bits per heavy atom. The highest BCUT2D eigenvalue weighted by atomic mass is 16.5. The quantitative estimate of drug-likeness (QED) is 0.766. The molecule has 1 aliphatic heterocycles. The van der Waals surface area contributed by atoms with Crippen LogP contribution in [0.4, 0.5) is 5.69 Å². The van der Waals surface area contributed by atoms with E-state index in [1.54, 1.807) is 29.4 Å². The molecular weight excluding hydrogens is 228 g/mol. The van der Waals surface area contributed by atoms with Gasteiger partial charge in [0.15, 0.2) is 0 Å². The molecule has 0 saturated carbocycles. The van der Waals surface area contributed by atoms with Crippen LogP contribution in [0, 0.1) is 0 Å². The average Bonchev–Trinajstić information content (AvgIpc) is 2.47. The summed E-state index contributed by atoms with van der Waals surface area (Å²) in [5, 5.41) is 0. The first-order valence-corrected chi connectivity index (χ1v) is 5.80. The zero-order valence-electron chi connectivity index (χ0n) is 9.74. The zero-order valence-corrected chi connectivity index (χ0v) is 9.74. The SMILES string of the molecule is O=C(c1cccnc1)N1CCOc2ccccc21. The smallest absolute Gasteiger partial charge is 0.260 e. The van der Waals surface area contributed by atoms with Gasteiger partial charge in [0.2, 0.25) is 0 Å². The van der Waals surface area contributed by atoms with Gasteiger partial charge in [0, 0.05) is 12.4 Å². The topological polar surface area (TPSA) is 42.4 Å². The molecule has 3 rings (SSSR count). The minimum atomic E-state index is -0.0427. The average molecular weight is 240 g/mol. The van der Waals surface area contributed by atoms with Crippen LogP contribution < -0.4 is 9.64 Å². The van der Waals surface area contributed by atoms with Crippen LogP contribution in [-0.4, -0.2) is 24.0 Å². The van der Waals surface area contributed by atoms with E-state index in [1.165, 1.54) is 0 Å². The largest absolute Gasteiger partial charge is 0.490 e. The monoisotopic (exact) mass is 240 g/mol. The molecule has 1 amide bonds. The summed E-state index contributed by atoms with van der Waals surface area (Å²) in [6, 6.07) is 11.1. The number of fused-ring (bicyclic) bond motifs is 1. The maximum absolute atomic E-state index is 12.4. The van der Waals surface area contributed by atoms with Gasteiger partial charge >= 0.3 is 0 Å². The minimum Gasteiger partial charge on any atom is -0.490 e. The van der Waals surface area contributed by atoms with Gasteiger partial charge in [-0.05, 0) is 24.3 Å². The molecule has 4 heteroatoms. The molecule has 18 heavy (non-hydrogen) atoms. The summed E-state index contributed by atoms with van der Waals surface area (Å²) in [4.78, 5) is 18.1. The van der Waals surface area contributed by atoms with E-state index in [0.717, 1.165) is 11.4 Å². The predicted molar refractivity (Wildman–Crippen MR) is 67.9 cm³/mol. The molecular formula is C14H12N2O2.